The molecule has 0 spiro atoms. The molecule has 78 valence electrons. The summed E-state index contributed by atoms with van der Waals surface area (Å²) in [5, 5.41) is 10.1. The van der Waals surface area contributed by atoms with Crippen molar-refractivity contribution in [3.05, 3.63) is 17.1 Å². The van der Waals surface area contributed by atoms with Crippen LogP contribution >= 0.6 is 11.5 Å². The van der Waals surface area contributed by atoms with Crippen LogP contribution in [-0.2, 0) is 9.47 Å². The molecule has 14 heavy (non-hydrogen) atoms. The van der Waals surface area contributed by atoms with Gasteiger partial charge in [0.25, 0.3) is 0 Å². The highest BCUT2D eigenvalue weighted by atomic mass is 32.1. The quantitative estimate of drug-likeness (QED) is 0.816. The molecule has 1 aromatic heterocycles. The van der Waals surface area contributed by atoms with Crippen LogP contribution in [-0.4, -0.2) is 35.4 Å². The monoisotopic (exact) mass is 215 g/mol. The number of hydrogen-bond donors (Lipinski definition) is 1. The first-order chi connectivity index (χ1) is 6.78. The predicted molar refractivity (Wildman–Crippen MR) is 52.2 cm³/mol. The van der Waals surface area contributed by atoms with Gasteiger partial charge in [-0.25, -0.2) is 4.37 Å². The van der Waals surface area contributed by atoms with E-state index in [1.807, 2.05) is 6.07 Å². The highest BCUT2D eigenvalue weighted by Crippen LogP contribution is 2.36. The van der Waals surface area contributed by atoms with Gasteiger partial charge in [-0.15, -0.1) is 0 Å². The molecule has 0 amide bonds. The molecular formula is C9H13NO3S. The molecule has 1 aliphatic rings. The normalized spacial score (nSPS) is 29.3. The molecule has 2 unspecified atom stereocenters. The number of rotatable bonds is 3. The summed E-state index contributed by atoms with van der Waals surface area (Å²) in [5.74, 6) is 0. The summed E-state index contributed by atoms with van der Waals surface area (Å²) in [4.78, 5) is 0.831. The number of methoxy groups -OCH3 is 1. The Morgan fingerprint density at radius 3 is 3.14 bits per heavy atom. The van der Waals surface area contributed by atoms with Crippen LogP contribution in [0, 0.1) is 0 Å². The second-order valence-corrected chi connectivity index (χ2v) is 4.25. The molecule has 1 fully saturated rings. The molecule has 1 aliphatic heterocycles. The molecule has 2 rings (SSSR count). The van der Waals surface area contributed by atoms with Crippen LogP contribution in [0.5, 0.6) is 0 Å². The van der Waals surface area contributed by atoms with Crippen LogP contribution in [0.2, 0.25) is 0 Å². The van der Waals surface area contributed by atoms with E-state index in [2.05, 4.69) is 4.37 Å². The lowest BCUT2D eigenvalue weighted by atomic mass is 9.94. The largest absolute Gasteiger partial charge is 0.384 e. The minimum absolute atomic E-state index is 0.447. The molecule has 0 radical (unpaired) electrons. The Labute approximate surface area is 86.6 Å². The average Bonchev–Trinajstić information content (AvgIpc) is 2.89. The van der Waals surface area contributed by atoms with Crippen molar-refractivity contribution in [1.29, 1.82) is 0 Å². The smallest absolute Gasteiger partial charge is 0.124 e. The maximum absolute atomic E-state index is 10.1. The van der Waals surface area contributed by atoms with Gasteiger partial charge in [0, 0.05) is 26.3 Å². The van der Waals surface area contributed by atoms with Crippen molar-refractivity contribution in [3.63, 3.8) is 0 Å². The van der Waals surface area contributed by atoms with Crippen molar-refractivity contribution in [1.82, 2.24) is 4.37 Å². The molecule has 5 heteroatoms. The number of aromatic nitrogens is 1. The average molecular weight is 215 g/mol. The van der Waals surface area contributed by atoms with Gasteiger partial charge in [0.05, 0.1) is 11.5 Å². The Hall–Kier alpha value is -0.490. The number of hydrogen-bond acceptors (Lipinski definition) is 5. The summed E-state index contributed by atoms with van der Waals surface area (Å²) in [6.45, 7) is 1.09. The Morgan fingerprint density at radius 1 is 1.79 bits per heavy atom. The molecule has 2 heterocycles. The van der Waals surface area contributed by atoms with Gasteiger partial charge in [-0.3, -0.25) is 0 Å². The molecule has 1 aromatic rings. The van der Waals surface area contributed by atoms with Gasteiger partial charge in [0.1, 0.15) is 11.7 Å². The molecule has 1 N–H and O–H groups in total. The molecule has 1 saturated heterocycles. The van der Waals surface area contributed by atoms with Crippen molar-refractivity contribution < 1.29 is 14.6 Å². The number of nitrogens with zero attached hydrogens (tertiary/aromatic N) is 1. The lowest BCUT2D eigenvalue weighted by molar-refractivity contribution is -0.104. The summed E-state index contributed by atoms with van der Waals surface area (Å²) in [5.41, 5.74) is -0.577. The summed E-state index contributed by atoms with van der Waals surface area (Å²) >= 11 is 1.30. The van der Waals surface area contributed by atoms with Gasteiger partial charge in [0.15, 0.2) is 0 Å². The van der Waals surface area contributed by atoms with Crippen LogP contribution in [0.25, 0.3) is 0 Å². The van der Waals surface area contributed by atoms with E-state index in [1.165, 1.54) is 11.5 Å². The van der Waals surface area contributed by atoms with E-state index in [4.69, 9.17) is 9.47 Å². The van der Waals surface area contributed by atoms with E-state index in [1.54, 1.807) is 13.3 Å². The fraction of sp³-hybridized carbons (Fsp3) is 0.667. The Kier molecular flexibility index (Phi) is 2.83. The van der Waals surface area contributed by atoms with E-state index < -0.39 is 11.7 Å². The number of aliphatic hydroxyl groups excluding tert-OH is 1. The third-order valence-corrected chi connectivity index (χ3v) is 3.45. The van der Waals surface area contributed by atoms with Crippen LogP contribution in [0.1, 0.15) is 17.4 Å². The van der Waals surface area contributed by atoms with E-state index in [0.29, 0.717) is 13.2 Å². The highest BCUT2D eigenvalue weighted by Gasteiger charge is 2.43. The number of aliphatic hydroxyl groups is 1. The van der Waals surface area contributed by atoms with Crippen molar-refractivity contribution in [2.24, 2.45) is 0 Å². The fourth-order valence-corrected chi connectivity index (χ4v) is 2.36. The molecule has 0 bridgehead atoms. The zero-order valence-corrected chi connectivity index (χ0v) is 8.79. The van der Waals surface area contributed by atoms with Crippen molar-refractivity contribution in [2.45, 2.75) is 18.1 Å². The standard InChI is InChI=1S/C9H13NO3S/c1-12-9(3-5-13-6-9)8(11)7-2-4-10-14-7/h2,4,8,11H,3,5-6H2,1H3. The second kappa shape index (κ2) is 3.94. The van der Waals surface area contributed by atoms with Gasteiger partial charge in [0.2, 0.25) is 0 Å². The fourth-order valence-electron chi connectivity index (χ4n) is 1.68. The van der Waals surface area contributed by atoms with Crippen LogP contribution < -0.4 is 0 Å². The van der Waals surface area contributed by atoms with E-state index in [0.717, 1.165) is 11.3 Å². The maximum Gasteiger partial charge on any atom is 0.124 e. The van der Waals surface area contributed by atoms with Crippen molar-refractivity contribution >= 4 is 11.5 Å². The first kappa shape index (κ1) is 10.0. The Morgan fingerprint density at radius 2 is 2.64 bits per heavy atom. The third-order valence-electron chi connectivity index (χ3n) is 2.65. The van der Waals surface area contributed by atoms with Crippen LogP contribution in [0.4, 0.5) is 0 Å². The minimum Gasteiger partial charge on any atom is -0.384 e. The minimum atomic E-state index is -0.637. The third kappa shape index (κ3) is 1.56. The lowest BCUT2D eigenvalue weighted by Crippen LogP contribution is -2.38. The highest BCUT2D eigenvalue weighted by molar-refractivity contribution is 7.05. The molecule has 2 atom stereocenters. The van der Waals surface area contributed by atoms with Crippen LogP contribution in [0.15, 0.2) is 12.3 Å². The first-order valence-electron chi connectivity index (χ1n) is 4.50. The Balaban J connectivity index is 2.19. The van der Waals surface area contributed by atoms with Crippen molar-refractivity contribution in [2.75, 3.05) is 20.3 Å². The lowest BCUT2D eigenvalue weighted by Gasteiger charge is -2.30. The molecule has 0 aromatic carbocycles. The van der Waals surface area contributed by atoms with E-state index in [-0.39, 0.29) is 0 Å². The topological polar surface area (TPSA) is 51.6 Å². The molecule has 0 saturated carbocycles. The summed E-state index contributed by atoms with van der Waals surface area (Å²) < 4.78 is 14.6. The van der Waals surface area contributed by atoms with Gasteiger partial charge in [-0.2, -0.15) is 0 Å². The van der Waals surface area contributed by atoms with E-state index >= 15 is 0 Å². The zero-order chi connectivity index (χ0) is 10.0. The van der Waals surface area contributed by atoms with Gasteiger partial charge in [-0.05, 0) is 17.6 Å². The first-order valence-corrected chi connectivity index (χ1v) is 5.27. The Bertz CT molecular complexity index is 282. The van der Waals surface area contributed by atoms with Gasteiger partial charge < -0.3 is 14.6 Å². The summed E-state index contributed by atoms with van der Waals surface area (Å²) in [7, 11) is 1.61. The van der Waals surface area contributed by atoms with Gasteiger partial charge >= 0.3 is 0 Å². The molecular weight excluding hydrogens is 202 g/mol. The number of ether oxygens (including phenoxy) is 2. The molecule has 4 nitrogen and oxygen atoms in total. The van der Waals surface area contributed by atoms with Crippen LogP contribution in [0.3, 0.4) is 0 Å². The molecule has 0 aliphatic carbocycles. The van der Waals surface area contributed by atoms with Crippen molar-refractivity contribution in [3.8, 4) is 0 Å². The zero-order valence-electron chi connectivity index (χ0n) is 7.97. The second-order valence-electron chi connectivity index (χ2n) is 3.39. The van der Waals surface area contributed by atoms with Gasteiger partial charge in [-0.1, -0.05) is 0 Å². The summed E-state index contributed by atoms with van der Waals surface area (Å²) in [6, 6.07) is 1.81. The SMILES string of the molecule is COC1(C(O)c2ccns2)CCOC1. The predicted octanol–water partition coefficient (Wildman–Crippen LogP) is 0.982. The summed E-state index contributed by atoms with van der Waals surface area (Å²) in [6.07, 6.45) is 1.77. The van der Waals surface area contributed by atoms with E-state index in [9.17, 15) is 5.11 Å². The maximum atomic E-state index is 10.1.